The van der Waals surface area contributed by atoms with Gasteiger partial charge in [-0.25, -0.2) is 0 Å². The molecule has 0 aliphatic carbocycles. The maximum Gasteiger partial charge on any atom is 0.255 e. The standard InChI is InChI=1S/C28H29N3O5/c1-4-18-10-12-21(13-11-18)31-17-20(14-26(31)32)28(34)30-23-16-24(35-2)22(15-25(23)36-3)29-27(33)19-8-6-5-7-9-19/h5-13,15-16,20H,4,14,17H2,1-3H3,(H,29,33)(H,30,34)/t20-/m1/s1. The van der Waals surface area contributed by atoms with Crippen LogP contribution in [-0.2, 0) is 16.0 Å². The van der Waals surface area contributed by atoms with Gasteiger partial charge in [-0.1, -0.05) is 37.3 Å². The molecule has 0 aromatic heterocycles. The summed E-state index contributed by atoms with van der Waals surface area (Å²) in [5, 5.41) is 5.68. The Morgan fingerprint density at radius 1 is 0.917 bits per heavy atom. The number of rotatable bonds is 8. The van der Waals surface area contributed by atoms with E-state index < -0.39 is 5.92 Å². The average molecular weight is 488 g/mol. The Hall–Kier alpha value is -4.33. The lowest BCUT2D eigenvalue weighted by atomic mass is 10.1. The Morgan fingerprint density at radius 3 is 2.11 bits per heavy atom. The van der Waals surface area contributed by atoms with Gasteiger partial charge >= 0.3 is 0 Å². The van der Waals surface area contributed by atoms with Gasteiger partial charge in [0.05, 0.1) is 31.5 Å². The number of amides is 3. The van der Waals surface area contributed by atoms with E-state index in [1.165, 1.54) is 19.8 Å². The Labute approximate surface area is 210 Å². The van der Waals surface area contributed by atoms with E-state index in [0.29, 0.717) is 35.0 Å². The normalized spacial score (nSPS) is 14.9. The molecular weight excluding hydrogens is 458 g/mol. The van der Waals surface area contributed by atoms with Crippen LogP contribution < -0.4 is 25.0 Å². The molecular formula is C28H29N3O5. The molecule has 3 aromatic carbocycles. The van der Waals surface area contributed by atoms with E-state index in [0.717, 1.165) is 12.1 Å². The topological polar surface area (TPSA) is 97.0 Å². The Morgan fingerprint density at radius 2 is 1.53 bits per heavy atom. The molecule has 0 radical (unpaired) electrons. The highest BCUT2D eigenvalue weighted by molar-refractivity contribution is 6.06. The van der Waals surface area contributed by atoms with E-state index in [4.69, 9.17) is 9.47 Å². The quantitative estimate of drug-likeness (QED) is 0.487. The molecule has 4 rings (SSSR count). The highest BCUT2D eigenvalue weighted by atomic mass is 16.5. The van der Waals surface area contributed by atoms with Crippen LogP contribution in [0.1, 0.15) is 29.3 Å². The van der Waals surface area contributed by atoms with Crippen LogP contribution in [0.3, 0.4) is 0 Å². The van der Waals surface area contributed by atoms with E-state index in [2.05, 4.69) is 17.6 Å². The van der Waals surface area contributed by atoms with Crippen LogP contribution in [0.25, 0.3) is 0 Å². The second kappa shape index (κ2) is 10.9. The molecule has 0 bridgehead atoms. The van der Waals surface area contributed by atoms with Gasteiger partial charge in [0.25, 0.3) is 5.91 Å². The zero-order chi connectivity index (χ0) is 25.7. The summed E-state index contributed by atoms with van der Waals surface area (Å²) >= 11 is 0. The molecule has 36 heavy (non-hydrogen) atoms. The summed E-state index contributed by atoms with van der Waals surface area (Å²) < 4.78 is 10.9. The number of methoxy groups -OCH3 is 2. The predicted molar refractivity (Wildman–Crippen MR) is 139 cm³/mol. The van der Waals surface area contributed by atoms with E-state index in [1.54, 1.807) is 41.3 Å². The Bertz CT molecular complexity index is 1260. The molecule has 8 heteroatoms. The van der Waals surface area contributed by atoms with Gasteiger partial charge in [0.2, 0.25) is 11.8 Å². The fraction of sp³-hybridized carbons (Fsp3) is 0.250. The number of hydrogen-bond donors (Lipinski definition) is 2. The van der Waals surface area contributed by atoms with Crippen molar-refractivity contribution in [3.8, 4) is 11.5 Å². The zero-order valence-electron chi connectivity index (χ0n) is 20.5. The van der Waals surface area contributed by atoms with Crippen molar-refractivity contribution >= 4 is 34.8 Å². The molecule has 2 N–H and O–H groups in total. The van der Waals surface area contributed by atoms with Crippen LogP contribution in [0.5, 0.6) is 11.5 Å². The molecule has 1 fully saturated rings. The molecule has 1 aliphatic rings. The van der Waals surface area contributed by atoms with Crippen LogP contribution in [0.2, 0.25) is 0 Å². The molecule has 1 atom stereocenters. The van der Waals surface area contributed by atoms with Crippen LogP contribution in [0, 0.1) is 5.92 Å². The van der Waals surface area contributed by atoms with Crippen LogP contribution >= 0.6 is 0 Å². The number of nitrogens with one attached hydrogen (secondary N) is 2. The highest BCUT2D eigenvalue weighted by Crippen LogP contribution is 2.37. The molecule has 0 spiro atoms. The summed E-state index contributed by atoms with van der Waals surface area (Å²) in [5.41, 5.74) is 3.25. The smallest absolute Gasteiger partial charge is 0.255 e. The Balaban J connectivity index is 1.49. The Kier molecular flexibility index (Phi) is 7.53. The number of anilines is 3. The first-order valence-corrected chi connectivity index (χ1v) is 11.8. The predicted octanol–water partition coefficient (Wildman–Crippen LogP) is 4.51. The van der Waals surface area contributed by atoms with Crippen molar-refractivity contribution in [2.45, 2.75) is 19.8 Å². The van der Waals surface area contributed by atoms with Crippen molar-refractivity contribution in [3.05, 3.63) is 77.9 Å². The van der Waals surface area contributed by atoms with Crippen molar-refractivity contribution in [2.24, 2.45) is 5.92 Å². The SMILES string of the molecule is CCc1ccc(N2C[C@H](C(=O)Nc3cc(OC)c(NC(=O)c4ccccc4)cc3OC)CC2=O)cc1. The summed E-state index contributed by atoms with van der Waals surface area (Å²) in [7, 11) is 2.95. The zero-order valence-corrected chi connectivity index (χ0v) is 20.5. The minimum atomic E-state index is -0.517. The third-order valence-electron chi connectivity index (χ3n) is 6.22. The van der Waals surface area contributed by atoms with Crippen LogP contribution in [-0.4, -0.2) is 38.5 Å². The van der Waals surface area contributed by atoms with Gasteiger partial charge in [0.15, 0.2) is 0 Å². The van der Waals surface area contributed by atoms with E-state index in [9.17, 15) is 14.4 Å². The third kappa shape index (κ3) is 5.33. The van der Waals surface area contributed by atoms with Gasteiger partial charge in [0.1, 0.15) is 11.5 Å². The molecule has 1 heterocycles. The van der Waals surface area contributed by atoms with E-state index >= 15 is 0 Å². The minimum Gasteiger partial charge on any atom is -0.494 e. The lowest BCUT2D eigenvalue weighted by Crippen LogP contribution is -2.28. The highest BCUT2D eigenvalue weighted by Gasteiger charge is 2.35. The fourth-order valence-electron chi connectivity index (χ4n) is 4.16. The van der Waals surface area contributed by atoms with Gasteiger partial charge in [-0.15, -0.1) is 0 Å². The van der Waals surface area contributed by atoms with Crippen molar-refractivity contribution in [3.63, 3.8) is 0 Å². The number of ether oxygens (including phenoxy) is 2. The lowest BCUT2D eigenvalue weighted by Gasteiger charge is -2.18. The van der Waals surface area contributed by atoms with Crippen molar-refractivity contribution in [1.82, 2.24) is 0 Å². The maximum absolute atomic E-state index is 13.1. The maximum atomic E-state index is 13.1. The average Bonchev–Trinajstić information content (AvgIpc) is 3.31. The monoisotopic (exact) mass is 487 g/mol. The van der Waals surface area contributed by atoms with Gasteiger partial charge in [-0.05, 0) is 36.2 Å². The first-order chi connectivity index (χ1) is 17.4. The fourth-order valence-corrected chi connectivity index (χ4v) is 4.16. The molecule has 1 saturated heterocycles. The summed E-state index contributed by atoms with van der Waals surface area (Å²) in [6, 6.07) is 19.8. The number of carbonyl (C=O) groups is 3. The first kappa shape index (κ1) is 24.8. The number of aryl methyl sites for hydroxylation is 1. The van der Waals surface area contributed by atoms with Gasteiger partial charge in [-0.3, -0.25) is 14.4 Å². The largest absolute Gasteiger partial charge is 0.494 e. The van der Waals surface area contributed by atoms with Gasteiger partial charge < -0.3 is 25.0 Å². The van der Waals surface area contributed by atoms with Crippen molar-refractivity contribution < 1.29 is 23.9 Å². The number of hydrogen-bond acceptors (Lipinski definition) is 5. The number of carbonyl (C=O) groups excluding carboxylic acids is 3. The van der Waals surface area contributed by atoms with Crippen molar-refractivity contribution in [2.75, 3.05) is 36.3 Å². The molecule has 3 amide bonds. The summed E-state index contributed by atoms with van der Waals surface area (Å²) in [4.78, 5) is 40.0. The summed E-state index contributed by atoms with van der Waals surface area (Å²) in [6.07, 6.45) is 1.03. The third-order valence-corrected chi connectivity index (χ3v) is 6.22. The van der Waals surface area contributed by atoms with Crippen LogP contribution in [0.4, 0.5) is 17.1 Å². The van der Waals surface area contributed by atoms with Gasteiger partial charge in [0, 0.05) is 36.3 Å². The number of nitrogens with zero attached hydrogens (tertiary/aromatic N) is 1. The lowest BCUT2D eigenvalue weighted by molar-refractivity contribution is -0.122. The molecule has 3 aromatic rings. The minimum absolute atomic E-state index is 0.0945. The molecule has 0 saturated carbocycles. The first-order valence-electron chi connectivity index (χ1n) is 11.8. The van der Waals surface area contributed by atoms with E-state index in [1.807, 2.05) is 30.3 Å². The number of benzene rings is 3. The molecule has 8 nitrogen and oxygen atoms in total. The van der Waals surface area contributed by atoms with E-state index in [-0.39, 0.29) is 24.1 Å². The second-order valence-electron chi connectivity index (χ2n) is 8.49. The molecule has 186 valence electrons. The molecule has 1 aliphatic heterocycles. The van der Waals surface area contributed by atoms with Gasteiger partial charge in [-0.2, -0.15) is 0 Å². The van der Waals surface area contributed by atoms with Crippen molar-refractivity contribution in [1.29, 1.82) is 0 Å². The summed E-state index contributed by atoms with van der Waals surface area (Å²) in [6.45, 7) is 2.37. The second-order valence-corrected chi connectivity index (χ2v) is 8.49. The summed E-state index contributed by atoms with van der Waals surface area (Å²) in [5.74, 6) is -0.500. The molecule has 0 unspecified atom stereocenters. The van der Waals surface area contributed by atoms with Crippen LogP contribution in [0.15, 0.2) is 66.7 Å².